The third kappa shape index (κ3) is 3.05. The maximum absolute atomic E-state index is 11.4. The molecule has 0 saturated heterocycles. The van der Waals surface area contributed by atoms with Crippen molar-refractivity contribution in [3.8, 4) is 0 Å². The lowest BCUT2D eigenvalue weighted by Gasteiger charge is -2.17. The van der Waals surface area contributed by atoms with Crippen molar-refractivity contribution in [2.75, 3.05) is 6.26 Å². The van der Waals surface area contributed by atoms with Gasteiger partial charge in [0.2, 0.25) is 0 Å². The van der Waals surface area contributed by atoms with Crippen LogP contribution < -0.4 is 5.73 Å². The summed E-state index contributed by atoms with van der Waals surface area (Å²) in [6.45, 7) is 3.54. The fraction of sp³-hybridized carbons (Fsp3) is 0.700. The minimum absolute atomic E-state index is 0.398. The molecule has 2 N–H and O–H groups in total. The van der Waals surface area contributed by atoms with Crippen LogP contribution in [0.1, 0.15) is 18.3 Å². The molecule has 0 saturated carbocycles. The van der Waals surface area contributed by atoms with Gasteiger partial charge in [0.1, 0.15) is 0 Å². The summed E-state index contributed by atoms with van der Waals surface area (Å²) in [6.07, 6.45) is 1.73. The second-order valence-electron chi connectivity index (χ2n) is 4.30. The van der Waals surface area contributed by atoms with Crippen LogP contribution in [0.3, 0.4) is 0 Å². The van der Waals surface area contributed by atoms with Crippen LogP contribution >= 0.6 is 0 Å². The molecule has 2 atom stereocenters. The van der Waals surface area contributed by atoms with Crippen molar-refractivity contribution in [1.29, 1.82) is 0 Å². The van der Waals surface area contributed by atoms with Gasteiger partial charge in [0.25, 0.3) is 0 Å². The minimum Gasteiger partial charge on any atom is -0.326 e. The molecule has 0 amide bonds. The van der Waals surface area contributed by atoms with Crippen LogP contribution in [0.5, 0.6) is 0 Å². The van der Waals surface area contributed by atoms with Crippen molar-refractivity contribution in [1.82, 2.24) is 9.78 Å². The van der Waals surface area contributed by atoms with E-state index >= 15 is 0 Å². The molecule has 1 aromatic rings. The van der Waals surface area contributed by atoms with E-state index in [9.17, 15) is 8.42 Å². The Morgan fingerprint density at radius 1 is 1.56 bits per heavy atom. The summed E-state index contributed by atoms with van der Waals surface area (Å²) in [5.74, 6) is 0. The second kappa shape index (κ2) is 4.55. The first-order valence-electron chi connectivity index (χ1n) is 5.15. The summed E-state index contributed by atoms with van der Waals surface area (Å²) >= 11 is 0. The van der Waals surface area contributed by atoms with Gasteiger partial charge in [-0.25, -0.2) is 8.42 Å². The Kier molecular flexibility index (Phi) is 3.75. The van der Waals surface area contributed by atoms with Crippen molar-refractivity contribution < 1.29 is 8.42 Å². The van der Waals surface area contributed by atoms with Crippen molar-refractivity contribution in [3.05, 3.63) is 17.5 Å². The van der Waals surface area contributed by atoms with E-state index in [-0.39, 0.29) is 0 Å². The molecule has 5 nitrogen and oxygen atoms in total. The first-order valence-corrected chi connectivity index (χ1v) is 7.11. The van der Waals surface area contributed by atoms with Gasteiger partial charge in [0.05, 0.1) is 10.9 Å². The average Bonchev–Trinajstić information content (AvgIpc) is 2.42. The van der Waals surface area contributed by atoms with Gasteiger partial charge in [-0.1, -0.05) is 0 Å². The van der Waals surface area contributed by atoms with Crippen molar-refractivity contribution in [2.45, 2.75) is 31.6 Å². The van der Waals surface area contributed by atoms with Crippen LogP contribution in [-0.4, -0.2) is 35.7 Å². The largest absolute Gasteiger partial charge is 0.326 e. The van der Waals surface area contributed by atoms with Crippen LogP contribution in [0.25, 0.3) is 0 Å². The molecule has 0 spiro atoms. The number of aryl methyl sites for hydroxylation is 2. The zero-order valence-corrected chi connectivity index (χ0v) is 11.0. The molecule has 6 heteroatoms. The van der Waals surface area contributed by atoms with Gasteiger partial charge in [-0.15, -0.1) is 0 Å². The third-order valence-corrected chi connectivity index (χ3v) is 4.52. The summed E-state index contributed by atoms with van der Waals surface area (Å²) < 4.78 is 24.4. The predicted octanol–water partition coefficient (Wildman–Crippen LogP) is 0.0314. The summed E-state index contributed by atoms with van der Waals surface area (Å²) in [5.41, 5.74) is 7.77. The fourth-order valence-electron chi connectivity index (χ4n) is 1.58. The highest BCUT2D eigenvalue weighted by atomic mass is 32.2. The lowest BCUT2D eigenvalue weighted by Crippen LogP contribution is -2.39. The fourth-order valence-corrected chi connectivity index (χ4v) is 2.31. The third-order valence-electron chi connectivity index (χ3n) is 2.82. The van der Waals surface area contributed by atoms with E-state index in [1.54, 1.807) is 11.6 Å². The van der Waals surface area contributed by atoms with E-state index in [1.165, 1.54) is 6.26 Å². The summed E-state index contributed by atoms with van der Waals surface area (Å²) in [6, 6.07) is 1.53. The lowest BCUT2D eigenvalue weighted by molar-refractivity contribution is 0.552. The molecular formula is C10H19N3O2S. The maximum Gasteiger partial charge on any atom is 0.151 e. The number of aromatic nitrogens is 2. The van der Waals surface area contributed by atoms with Gasteiger partial charge in [-0.05, 0) is 19.9 Å². The molecule has 1 aromatic heterocycles. The number of hydrogen-bond donors (Lipinski definition) is 1. The normalized spacial score (nSPS) is 16.1. The van der Waals surface area contributed by atoms with E-state index < -0.39 is 21.1 Å². The van der Waals surface area contributed by atoms with Crippen LogP contribution in [0.15, 0.2) is 6.07 Å². The van der Waals surface area contributed by atoms with Crippen molar-refractivity contribution in [2.24, 2.45) is 12.8 Å². The first-order chi connectivity index (χ1) is 7.21. The smallest absolute Gasteiger partial charge is 0.151 e. The Hall–Kier alpha value is -0.880. The lowest BCUT2D eigenvalue weighted by atomic mass is 10.1. The van der Waals surface area contributed by atoms with E-state index in [0.29, 0.717) is 6.42 Å². The van der Waals surface area contributed by atoms with Gasteiger partial charge in [0.15, 0.2) is 9.84 Å². The van der Waals surface area contributed by atoms with Crippen molar-refractivity contribution >= 4 is 9.84 Å². The molecule has 2 unspecified atom stereocenters. The van der Waals surface area contributed by atoms with E-state index in [4.69, 9.17) is 5.73 Å². The molecule has 0 aliphatic carbocycles. The molecule has 0 bridgehead atoms. The average molecular weight is 245 g/mol. The van der Waals surface area contributed by atoms with Gasteiger partial charge in [-0.3, -0.25) is 4.68 Å². The van der Waals surface area contributed by atoms with Gasteiger partial charge in [-0.2, -0.15) is 5.10 Å². The van der Waals surface area contributed by atoms with Gasteiger partial charge < -0.3 is 5.73 Å². The molecule has 0 radical (unpaired) electrons. The molecule has 0 aromatic carbocycles. The molecule has 1 rings (SSSR count). The summed E-state index contributed by atoms with van der Waals surface area (Å²) in [5, 5.41) is 3.66. The number of nitrogens with zero attached hydrogens (tertiary/aromatic N) is 2. The van der Waals surface area contributed by atoms with Gasteiger partial charge in [0, 0.05) is 31.5 Å². The van der Waals surface area contributed by atoms with E-state index in [0.717, 1.165) is 11.4 Å². The van der Waals surface area contributed by atoms with Crippen LogP contribution in [0.2, 0.25) is 0 Å². The Labute approximate surface area is 96.6 Å². The molecule has 0 aliphatic heterocycles. The molecule has 1 heterocycles. The molecular weight excluding hydrogens is 226 g/mol. The number of nitrogens with two attached hydrogens (primary N) is 1. The van der Waals surface area contributed by atoms with Crippen LogP contribution in [0.4, 0.5) is 0 Å². The highest BCUT2D eigenvalue weighted by Gasteiger charge is 2.23. The standard InChI is InChI=1S/C10H19N3O2S/c1-7-5-9(13(3)12-7)6-10(11)8(2)16(4,14)15/h5,8,10H,6,11H2,1-4H3. The molecule has 92 valence electrons. The quantitative estimate of drug-likeness (QED) is 0.812. The summed E-state index contributed by atoms with van der Waals surface area (Å²) in [7, 11) is -1.25. The monoisotopic (exact) mass is 245 g/mol. The van der Waals surface area contributed by atoms with E-state index in [1.807, 2.05) is 20.0 Å². The second-order valence-corrected chi connectivity index (χ2v) is 6.71. The number of hydrogen-bond acceptors (Lipinski definition) is 4. The van der Waals surface area contributed by atoms with Crippen LogP contribution in [-0.2, 0) is 23.3 Å². The topological polar surface area (TPSA) is 78.0 Å². The Balaban J connectivity index is 2.79. The zero-order valence-electron chi connectivity index (χ0n) is 10.1. The SMILES string of the molecule is Cc1cc(CC(N)C(C)S(C)(=O)=O)n(C)n1. The predicted molar refractivity (Wildman–Crippen MR) is 63.9 cm³/mol. The van der Waals surface area contributed by atoms with Crippen molar-refractivity contribution in [3.63, 3.8) is 0 Å². The molecule has 0 aliphatic rings. The zero-order chi connectivity index (χ0) is 12.5. The highest BCUT2D eigenvalue weighted by Crippen LogP contribution is 2.10. The molecule has 16 heavy (non-hydrogen) atoms. The maximum atomic E-state index is 11.4. The summed E-state index contributed by atoms with van der Waals surface area (Å²) in [4.78, 5) is 0. The Bertz CT molecular complexity index is 464. The molecule has 0 fully saturated rings. The number of sulfone groups is 1. The van der Waals surface area contributed by atoms with Gasteiger partial charge >= 0.3 is 0 Å². The Morgan fingerprint density at radius 3 is 2.50 bits per heavy atom. The first kappa shape index (κ1) is 13.2. The van der Waals surface area contributed by atoms with Crippen LogP contribution in [0, 0.1) is 6.92 Å². The highest BCUT2D eigenvalue weighted by molar-refractivity contribution is 7.91. The van der Waals surface area contributed by atoms with E-state index in [2.05, 4.69) is 5.10 Å². The minimum atomic E-state index is -3.08. The number of rotatable bonds is 4. The Morgan fingerprint density at radius 2 is 2.12 bits per heavy atom.